The Balaban J connectivity index is 0.747. The molecule has 2 aliphatic carbocycles. The molecule has 1 unspecified atom stereocenters. The van der Waals surface area contributed by atoms with Gasteiger partial charge in [0.1, 0.15) is 24.4 Å². The van der Waals surface area contributed by atoms with Crippen LogP contribution < -0.4 is 21.3 Å². The number of hydrogen-bond acceptors (Lipinski definition) is 14. The van der Waals surface area contributed by atoms with E-state index in [1.807, 2.05) is 23.1 Å². The predicted octanol–water partition coefficient (Wildman–Crippen LogP) is 5.12. The Morgan fingerprint density at radius 2 is 1.68 bits per heavy atom. The van der Waals surface area contributed by atoms with Gasteiger partial charge in [0.15, 0.2) is 0 Å². The van der Waals surface area contributed by atoms with Gasteiger partial charge in [-0.25, -0.2) is 9.97 Å². The molecule has 4 aliphatic rings. The van der Waals surface area contributed by atoms with Crippen molar-refractivity contribution < 1.29 is 46.9 Å². The number of fused-ring (bicyclic) bond motifs is 1. The fourth-order valence-electron chi connectivity index (χ4n) is 11.1. The van der Waals surface area contributed by atoms with E-state index in [4.69, 9.17) is 14.5 Å². The van der Waals surface area contributed by atoms with E-state index in [9.17, 15) is 37.5 Å². The molecule has 21 heteroatoms. The molecular weight excluding hydrogens is 960 g/mol. The molecule has 2 aliphatic heterocycles. The van der Waals surface area contributed by atoms with Crippen LogP contribution in [0.15, 0.2) is 67.4 Å². The molecule has 5 heterocycles. The molecule has 8 rings (SSSR count). The van der Waals surface area contributed by atoms with Gasteiger partial charge < -0.3 is 45.2 Å². The number of amides is 4. The summed E-state index contributed by atoms with van der Waals surface area (Å²) in [5, 5.41) is 23.5. The molecule has 1 aromatic carbocycles. The molecule has 3 aromatic heterocycles. The van der Waals surface area contributed by atoms with Crippen molar-refractivity contribution >= 4 is 40.3 Å². The minimum Gasteiger partial charge on any atom is -0.378 e. The smallest absolute Gasteiger partial charge is 0.378 e. The predicted molar refractivity (Wildman–Crippen MR) is 269 cm³/mol. The lowest BCUT2D eigenvalue weighted by molar-refractivity contribution is -0.137. The van der Waals surface area contributed by atoms with Crippen LogP contribution in [0.2, 0.25) is 0 Å². The third kappa shape index (κ3) is 13.1. The van der Waals surface area contributed by atoms with E-state index < -0.39 is 29.9 Å². The summed E-state index contributed by atoms with van der Waals surface area (Å²) in [5.41, 5.74) is 1.87. The van der Waals surface area contributed by atoms with Crippen molar-refractivity contribution in [1.82, 2.24) is 50.6 Å². The number of rotatable bonds is 21. The maximum Gasteiger partial charge on any atom is 0.416 e. The highest BCUT2D eigenvalue weighted by Gasteiger charge is 2.45. The number of aliphatic hydroxyl groups is 1. The van der Waals surface area contributed by atoms with Gasteiger partial charge in [-0.15, -0.1) is 0 Å². The number of likely N-dealkylation sites (tertiary alicyclic amines) is 2. The highest BCUT2D eigenvalue weighted by Crippen LogP contribution is 2.39. The van der Waals surface area contributed by atoms with Crippen molar-refractivity contribution in [3.05, 3.63) is 89.8 Å². The van der Waals surface area contributed by atoms with Crippen molar-refractivity contribution in [2.75, 3.05) is 65.5 Å². The Labute approximate surface area is 429 Å². The molecule has 2 saturated heterocycles. The van der Waals surface area contributed by atoms with Crippen molar-refractivity contribution in [3.63, 3.8) is 0 Å². The molecule has 2 saturated carbocycles. The summed E-state index contributed by atoms with van der Waals surface area (Å²) in [6, 6.07) is 9.68. The zero-order valence-corrected chi connectivity index (χ0v) is 42.6. The fraction of sp³-hybridized carbons (Fsp3) is 0.585. The summed E-state index contributed by atoms with van der Waals surface area (Å²) in [4.78, 5) is 76.6. The van der Waals surface area contributed by atoms with Crippen LogP contribution in [0.4, 0.5) is 19.0 Å². The SMILES string of the molecule is CC(C)N(C)[C@@H]1CC[C@H](N2CC[C@H](Nc3ncnc4ccc(C(F)(F)F)cc34)C2=O)[C@H](NC(=O)[C@H]2CC[C@H](c3ccc(C(O)NCCOCCOCCNC(=O)[C@H]4CC(=O)N(C)[C@@H]4c4cccnc4)cn3)CC2)C1. The summed E-state index contributed by atoms with van der Waals surface area (Å²) >= 11 is 0. The highest BCUT2D eigenvalue weighted by atomic mass is 19.4. The molecule has 4 amide bonds. The standard InChI is InChI=1S/C53H70F3N11O7/c1-32(2)65(3)38-13-16-45(67-21-17-43(52(67)72)63-48-39-26-37(53(54,55)56)12-15-42(39)61-31-62-48)44(27-38)64-50(70)34-9-7-33(8-10-34)41-14-11-36(30-60-41)49(69)58-19-22-73-24-25-74-23-20-59-51(71)40-28-46(68)66(4)47(40)35-6-5-18-57-29-35/h5-6,11-12,14-15,18,26,29-34,38,40,43-45,47,49,58,69H,7-10,13,16-17,19-25,27-28H2,1-4H3,(H,59,71)(H,64,70)(H,61,62,63)/t33-,34-,38-,40+,43+,44-,45+,47-,49?/m1/s1. The first kappa shape index (κ1) is 54.4. The average Bonchev–Trinajstić information content (AvgIpc) is 3.92. The van der Waals surface area contributed by atoms with Crippen LogP contribution in [-0.4, -0.2) is 154 Å². The van der Waals surface area contributed by atoms with Crippen molar-refractivity contribution in [2.45, 2.75) is 126 Å². The Hall–Kier alpha value is -5.87. The normalized spacial score (nSPS) is 25.0. The molecule has 74 heavy (non-hydrogen) atoms. The molecule has 18 nitrogen and oxygen atoms in total. The topological polar surface area (TPSA) is 216 Å². The van der Waals surface area contributed by atoms with E-state index in [0.29, 0.717) is 95.3 Å². The van der Waals surface area contributed by atoms with Crippen LogP contribution in [0.1, 0.15) is 112 Å². The number of hydrogen-bond donors (Lipinski definition) is 5. The fourth-order valence-corrected chi connectivity index (χ4v) is 11.1. The van der Waals surface area contributed by atoms with Gasteiger partial charge >= 0.3 is 6.18 Å². The van der Waals surface area contributed by atoms with E-state index in [2.05, 4.69) is 62.0 Å². The number of carbonyl (C=O) groups is 4. The minimum absolute atomic E-state index is 0.0145. The Bertz CT molecular complexity index is 2540. The molecule has 0 radical (unpaired) electrons. The summed E-state index contributed by atoms with van der Waals surface area (Å²) in [6.45, 7) is 6.71. The molecule has 400 valence electrons. The van der Waals surface area contributed by atoms with E-state index in [0.717, 1.165) is 42.7 Å². The van der Waals surface area contributed by atoms with Crippen molar-refractivity contribution in [3.8, 4) is 0 Å². The maximum absolute atomic E-state index is 14.1. The quantitative estimate of drug-likeness (QED) is 0.0541. The molecule has 5 N–H and O–H groups in total. The molecule has 4 aromatic rings. The first-order valence-electron chi connectivity index (χ1n) is 25.9. The zero-order valence-electron chi connectivity index (χ0n) is 42.6. The number of benzene rings is 1. The number of ether oxygens (including phenoxy) is 2. The molecule has 0 spiro atoms. The first-order chi connectivity index (χ1) is 35.6. The second-order valence-corrected chi connectivity index (χ2v) is 20.4. The Kier molecular flexibility index (Phi) is 18.1. The number of halogens is 3. The lowest BCUT2D eigenvalue weighted by Crippen LogP contribution is -2.59. The number of carbonyl (C=O) groups excluding carboxylic acids is 4. The summed E-state index contributed by atoms with van der Waals surface area (Å²) in [7, 11) is 3.80. The van der Waals surface area contributed by atoms with E-state index in [1.54, 1.807) is 36.6 Å². The van der Waals surface area contributed by atoms with Gasteiger partial charge in [-0.05, 0) is 108 Å². The first-order valence-corrected chi connectivity index (χ1v) is 25.9. The van der Waals surface area contributed by atoms with E-state index in [1.165, 1.54) is 12.4 Å². The monoisotopic (exact) mass is 1030 g/mol. The number of aromatic nitrogens is 4. The Morgan fingerprint density at radius 3 is 2.38 bits per heavy atom. The molecule has 7 atom stereocenters. The van der Waals surface area contributed by atoms with Crippen molar-refractivity contribution in [2.24, 2.45) is 11.8 Å². The van der Waals surface area contributed by atoms with Crippen LogP contribution in [0.5, 0.6) is 0 Å². The number of nitrogens with one attached hydrogen (secondary N) is 4. The van der Waals surface area contributed by atoms with Gasteiger partial charge in [0, 0.05) is 92.3 Å². The van der Waals surface area contributed by atoms with Crippen LogP contribution >= 0.6 is 0 Å². The van der Waals surface area contributed by atoms with E-state index >= 15 is 0 Å². The highest BCUT2D eigenvalue weighted by molar-refractivity contribution is 5.93. The van der Waals surface area contributed by atoms with Gasteiger partial charge in [0.2, 0.25) is 23.6 Å². The van der Waals surface area contributed by atoms with Gasteiger partial charge in [-0.1, -0.05) is 12.1 Å². The lowest BCUT2D eigenvalue weighted by atomic mass is 9.79. The van der Waals surface area contributed by atoms with Gasteiger partial charge in [0.25, 0.3) is 0 Å². The van der Waals surface area contributed by atoms with Crippen LogP contribution in [0.3, 0.4) is 0 Å². The third-order valence-corrected chi connectivity index (χ3v) is 15.5. The van der Waals surface area contributed by atoms with Gasteiger partial charge in [-0.2, -0.15) is 13.2 Å². The number of alkyl halides is 3. The largest absolute Gasteiger partial charge is 0.416 e. The van der Waals surface area contributed by atoms with Crippen LogP contribution in [-0.2, 0) is 34.8 Å². The number of aliphatic hydroxyl groups excluding tert-OH is 1. The molecular formula is C53H70F3N11O7. The van der Waals surface area contributed by atoms with E-state index in [-0.39, 0.29) is 77.3 Å². The van der Waals surface area contributed by atoms with Crippen LogP contribution in [0, 0.1) is 11.8 Å². The summed E-state index contributed by atoms with van der Waals surface area (Å²) < 4.78 is 52.1. The van der Waals surface area contributed by atoms with Crippen molar-refractivity contribution in [1.29, 1.82) is 0 Å². The Morgan fingerprint density at radius 1 is 0.905 bits per heavy atom. The zero-order chi connectivity index (χ0) is 52.5. The van der Waals surface area contributed by atoms with Crippen LogP contribution in [0.25, 0.3) is 10.9 Å². The second kappa shape index (κ2) is 24.7. The maximum atomic E-state index is 14.1. The number of pyridine rings is 2. The minimum atomic E-state index is -4.55. The number of anilines is 1. The molecule has 0 bridgehead atoms. The van der Waals surface area contributed by atoms with Gasteiger partial charge in [0.05, 0.1) is 61.6 Å². The number of nitrogens with zero attached hydrogens (tertiary/aromatic N) is 7. The summed E-state index contributed by atoms with van der Waals surface area (Å²) in [6.07, 6.45) is 6.54. The second-order valence-electron chi connectivity index (χ2n) is 20.4. The lowest BCUT2D eigenvalue weighted by Gasteiger charge is -2.45. The average molecular weight is 1030 g/mol. The third-order valence-electron chi connectivity index (χ3n) is 15.5. The van der Waals surface area contributed by atoms with Gasteiger partial charge in [-0.3, -0.25) is 34.5 Å². The summed E-state index contributed by atoms with van der Waals surface area (Å²) in [5.74, 6) is -0.824. The molecule has 4 fully saturated rings.